The molecule has 0 spiro atoms. The molecule has 140 valence electrons. The lowest BCUT2D eigenvalue weighted by Gasteiger charge is -2.22. The van der Waals surface area contributed by atoms with Crippen LogP contribution in [0.25, 0.3) is 11.0 Å². The van der Waals surface area contributed by atoms with Crippen LogP contribution >= 0.6 is 0 Å². The van der Waals surface area contributed by atoms with Gasteiger partial charge >= 0.3 is 0 Å². The lowest BCUT2D eigenvalue weighted by molar-refractivity contribution is 0.0901. The van der Waals surface area contributed by atoms with Crippen LogP contribution in [0.2, 0.25) is 0 Å². The van der Waals surface area contributed by atoms with Gasteiger partial charge < -0.3 is 14.0 Å². The topological polar surface area (TPSA) is 66.2 Å². The number of rotatable bonds is 6. The quantitative estimate of drug-likeness (QED) is 0.574. The van der Waals surface area contributed by atoms with Crippen LogP contribution in [-0.4, -0.2) is 33.0 Å². The van der Waals surface area contributed by atoms with E-state index in [-0.39, 0.29) is 0 Å². The second kappa shape index (κ2) is 7.58. The fourth-order valence-electron chi connectivity index (χ4n) is 3.24. The van der Waals surface area contributed by atoms with Crippen molar-refractivity contribution in [2.75, 3.05) is 6.61 Å². The van der Waals surface area contributed by atoms with Gasteiger partial charge in [-0.05, 0) is 51.5 Å². The van der Waals surface area contributed by atoms with E-state index in [0.29, 0.717) is 41.7 Å². The fourth-order valence-corrected chi connectivity index (χ4v) is 3.24. The molecule has 2 aromatic heterocycles. The van der Waals surface area contributed by atoms with Gasteiger partial charge in [-0.25, -0.2) is 4.98 Å². The van der Waals surface area contributed by atoms with Crippen LogP contribution in [0.1, 0.15) is 57.3 Å². The van der Waals surface area contributed by atoms with Gasteiger partial charge in [0.05, 0.1) is 12.2 Å². The summed E-state index contributed by atoms with van der Waals surface area (Å²) in [5, 5.41) is 0. The Kier molecular flexibility index (Phi) is 5.41. The normalized spacial score (nSPS) is 18.0. The minimum absolute atomic E-state index is 0.322. The Balaban J connectivity index is 1.85. The van der Waals surface area contributed by atoms with Gasteiger partial charge in [-0.15, -0.1) is 0 Å². The summed E-state index contributed by atoms with van der Waals surface area (Å²) in [5.74, 6) is 1.03. The lowest BCUT2D eigenvalue weighted by atomic mass is 9.90. The molecule has 0 amide bonds. The molecule has 0 aliphatic heterocycles. The van der Waals surface area contributed by atoms with Crippen LogP contribution in [0.4, 0.5) is 0 Å². The molecule has 1 aliphatic carbocycles. The zero-order valence-electron chi connectivity index (χ0n) is 16.0. The second-order valence-corrected chi connectivity index (χ2v) is 7.85. The maximum Gasteiger partial charge on any atom is 0.242 e. The highest BCUT2D eigenvalue weighted by atomic mass is 16.5. The Morgan fingerprint density at radius 1 is 1.35 bits per heavy atom. The van der Waals surface area contributed by atoms with E-state index < -0.39 is 5.60 Å². The number of hydrogen-bond acceptors (Lipinski definition) is 5. The molecule has 6 heteroatoms. The minimum Gasteiger partial charge on any atom is -0.470 e. The van der Waals surface area contributed by atoms with E-state index in [1.165, 1.54) is 24.7 Å². The predicted molar refractivity (Wildman–Crippen MR) is 100 cm³/mol. The Morgan fingerprint density at radius 2 is 2.15 bits per heavy atom. The Bertz CT molecular complexity index is 818. The highest BCUT2D eigenvalue weighted by molar-refractivity contribution is 5.96. The van der Waals surface area contributed by atoms with Crippen molar-refractivity contribution in [3.05, 3.63) is 29.7 Å². The van der Waals surface area contributed by atoms with Crippen LogP contribution in [0.15, 0.2) is 24.2 Å². The van der Waals surface area contributed by atoms with E-state index in [2.05, 4.69) is 23.0 Å². The number of allylic oxidation sites excluding steroid dienone is 1. The van der Waals surface area contributed by atoms with Crippen LogP contribution in [-0.2, 0) is 11.5 Å². The van der Waals surface area contributed by atoms with E-state index in [9.17, 15) is 4.79 Å². The minimum atomic E-state index is -0.402. The number of ether oxygens (including phenoxy) is 2. The second-order valence-electron chi connectivity index (χ2n) is 7.85. The number of carbonyl (C=O) groups is 1. The molecule has 6 nitrogen and oxygen atoms in total. The van der Waals surface area contributed by atoms with Crippen LogP contribution in [0.5, 0.6) is 5.88 Å². The molecule has 0 bridgehead atoms. The first-order valence-electron chi connectivity index (χ1n) is 9.14. The van der Waals surface area contributed by atoms with Crippen molar-refractivity contribution in [2.45, 2.75) is 59.3 Å². The smallest absolute Gasteiger partial charge is 0.242 e. The summed E-state index contributed by atoms with van der Waals surface area (Å²) >= 11 is 0. The van der Waals surface area contributed by atoms with E-state index in [1.54, 1.807) is 6.20 Å². The third kappa shape index (κ3) is 4.12. The van der Waals surface area contributed by atoms with E-state index in [1.807, 2.05) is 25.3 Å². The van der Waals surface area contributed by atoms with Gasteiger partial charge in [0, 0.05) is 6.20 Å². The van der Waals surface area contributed by atoms with E-state index >= 15 is 0 Å². The van der Waals surface area contributed by atoms with E-state index in [4.69, 9.17) is 9.47 Å². The largest absolute Gasteiger partial charge is 0.470 e. The number of hydrogen-bond donors (Lipinski definition) is 0. The summed E-state index contributed by atoms with van der Waals surface area (Å²) in [5.41, 5.74) is 2.74. The average Bonchev–Trinajstić information content (AvgIpc) is 2.94. The summed E-state index contributed by atoms with van der Waals surface area (Å²) < 4.78 is 13.8. The number of aromatic nitrogens is 3. The zero-order valence-corrected chi connectivity index (χ0v) is 16.0. The third-order valence-electron chi connectivity index (χ3n) is 4.55. The molecule has 0 saturated heterocycles. The van der Waals surface area contributed by atoms with Crippen LogP contribution < -0.4 is 4.74 Å². The summed E-state index contributed by atoms with van der Waals surface area (Å²) in [7, 11) is 0. The Labute approximate surface area is 154 Å². The monoisotopic (exact) mass is 357 g/mol. The van der Waals surface area contributed by atoms with Crippen molar-refractivity contribution in [1.29, 1.82) is 0 Å². The highest BCUT2D eigenvalue weighted by Crippen LogP contribution is 2.29. The number of fused-ring (bicyclic) bond motifs is 1. The molecule has 2 heterocycles. The molecule has 1 unspecified atom stereocenters. The average molecular weight is 357 g/mol. The summed E-state index contributed by atoms with van der Waals surface area (Å²) in [4.78, 5) is 20.0. The number of nitrogens with zero attached hydrogens (tertiary/aromatic N) is 3. The van der Waals surface area contributed by atoms with Gasteiger partial charge in [0.25, 0.3) is 0 Å². The van der Waals surface area contributed by atoms with Gasteiger partial charge in [0.1, 0.15) is 29.7 Å². The van der Waals surface area contributed by atoms with Crippen molar-refractivity contribution < 1.29 is 14.3 Å². The molecule has 0 saturated carbocycles. The molecule has 0 fully saturated rings. The first-order chi connectivity index (χ1) is 12.4. The molecule has 2 aromatic rings. The van der Waals surface area contributed by atoms with Gasteiger partial charge in [-0.2, -0.15) is 4.98 Å². The first kappa shape index (κ1) is 18.6. The SMILES string of the molecule is CC1CCCC=C1COCn1cc(C=O)c2ncnc(OC(C)(C)C)c21. The molecule has 26 heavy (non-hydrogen) atoms. The van der Waals surface area contributed by atoms with Gasteiger partial charge in [-0.1, -0.05) is 13.0 Å². The molecule has 0 N–H and O–H groups in total. The van der Waals surface area contributed by atoms with Crippen molar-refractivity contribution in [2.24, 2.45) is 5.92 Å². The molecule has 0 radical (unpaired) electrons. The van der Waals surface area contributed by atoms with Gasteiger partial charge in [-0.3, -0.25) is 4.79 Å². The molecule has 3 rings (SSSR count). The predicted octanol–water partition coefficient (Wildman–Crippen LogP) is 4.14. The van der Waals surface area contributed by atoms with Crippen molar-refractivity contribution in [1.82, 2.24) is 14.5 Å². The van der Waals surface area contributed by atoms with Crippen LogP contribution in [0, 0.1) is 5.92 Å². The summed E-state index contributed by atoms with van der Waals surface area (Å²) in [6.45, 7) is 9.04. The third-order valence-corrected chi connectivity index (χ3v) is 4.55. The van der Waals surface area contributed by atoms with E-state index in [0.717, 1.165) is 12.7 Å². The molecular formula is C20H27N3O3. The lowest BCUT2D eigenvalue weighted by Crippen LogP contribution is -2.24. The van der Waals surface area contributed by atoms with Crippen LogP contribution in [0.3, 0.4) is 0 Å². The Morgan fingerprint density at radius 3 is 2.85 bits per heavy atom. The molecular weight excluding hydrogens is 330 g/mol. The summed E-state index contributed by atoms with van der Waals surface area (Å²) in [6, 6.07) is 0. The summed E-state index contributed by atoms with van der Waals surface area (Å²) in [6.07, 6.45) is 9.86. The Hall–Kier alpha value is -2.21. The highest BCUT2D eigenvalue weighted by Gasteiger charge is 2.20. The first-order valence-corrected chi connectivity index (χ1v) is 9.14. The molecule has 0 aromatic carbocycles. The van der Waals surface area contributed by atoms with Crippen molar-refractivity contribution in [3.8, 4) is 5.88 Å². The zero-order chi connectivity index (χ0) is 18.7. The maximum atomic E-state index is 11.4. The molecule has 1 atom stereocenters. The standard InChI is InChI=1S/C20H27N3O3/c1-14-7-5-6-8-15(14)11-25-13-23-9-16(10-24)17-18(23)19(22-12-21-17)26-20(2,3)4/h8-10,12,14H,5-7,11,13H2,1-4H3. The fraction of sp³-hybridized carbons (Fsp3) is 0.550. The van der Waals surface area contributed by atoms with Crippen molar-refractivity contribution in [3.63, 3.8) is 0 Å². The van der Waals surface area contributed by atoms with Gasteiger partial charge in [0.2, 0.25) is 5.88 Å². The van der Waals surface area contributed by atoms with Gasteiger partial charge in [0.15, 0.2) is 6.29 Å². The van der Waals surface area contributed by atoms with Crippen molar-refractivity contribution >= 4 is 17.3 Å². The number of aldehydes is 1. The number of carbonyl (C=O) groups excluding carboxylic acids is 1. The maximum absolute atomic E-state index is 11.4. The molecule has 1 aliphatic rings.